The molecule has 3 rings (SSSR count). The number of carbonyl (C=O) groups is 1. The van der Waals surface area contributed by atoms with Gasteiger partial charge in [-0.2, -0.15) is 5.10 Å². The molecule has 0 aliphatic carbocycles. The van der Waals surface area contributed by atoms with E-state index in [9.17, 15) is 9.18 Å². The Hall–Kier alpha value is -3.22. The number of ether oxygens (including phenoxy) is 1. The average Bonchev–Trinajstić information content (AvgIpc) is 3.15. The fourth-order valence-electron chi connectivity index (χ4n) is 2.33. The highest BCUT2D eigenvalue weighted by Gasteiger charge is 2.11. The van der Waals surface area contributed by atoms with Gasteiger partial charge in [0.1, 0.15) is 24.2 Å². The van der Waals surface area contributed by atoms with Crippen LogP contribution in [0.4, 0.5) is 4.39 Å². The predicted octanol–water partition coefficient (Wildman–Crippen LogP) is 2.66. The molecule has 1 heterocycles. The number of nitrogens with zero attached hydrogens (tertiary/aromatic N) is 3. The summed E-state index contributed by atoms with van der Waals surface area (Å²) in [5.74, 6) is -0.365. The van der Waals surface area contributed by atoms with Gasteiger partial charge in [0.25, 0.3) is 5.91 Å². The van der Waals surface area contributed by atoms with Crippen LogP contribution in [0.5, 0.6) is 5.75 Å². The second-order valence-corrected chi connectivity index (χ2v) is 5.47. The summed E-state index contributed by atoms with van der Waals surface area (Å²) < 4.78 is 20.0. The molecule has 0 aliphatic rings. The Labute approximate surface area is 144 Å². The number of hydrogen-bond acceptors (Lipinski definition) is 4. The maximum absolute atomic E-state index is 13.1. The molecule has 0 radical (unpaired) electrons. The van der Waals surface area contributed by atoms with Crippen molar-refractivity contribution in [3.63, 3.8) is 0 Å². The van der Waals surface area contributed by atoms with Gasteiger partial charge in [-0.25, -0.2) is 14.1 Å². The zero-order valence-corrected chi connectivity index (χ0v) is 13.6. The molecule has 0 fully saturated rings. The third-order valence-corrected chi connectivity index (χ3v) is 3.62. The van der Waals surface area contributed by atoms with Crippen molar-refractivity contribution >= 4 is 5.91 Å². The Morgan fingerprint density at radius 3 is 2.76 bits per heavy atom. The SMILES string of the molecule is CC(NC(=O)COc1cccc(F)c1)c1ccc(-n2cncn2)cc1. The minimum absolute atomic E-state index is 0.176. The molecular weight excluding hydrogens is 323 g/mol. The second kappa shape index (κ2) is 7.57. The molecule has 0 saturated heterocycles. The van der Waals surface area contributed by atoms with E-state index in [2.05, 4.69) is 15.4 Å². The van der Waals surface area contributed by atoms with Crippen LogP contribution in [-0.4, -0.2) is 27.3 Å². The van der Waals surface area contributed by atoms with Gasteiger partial charge in [-0.15, -0.1) is 0 Å². The summed E-state index contributed by atoms with van der Waals surface area (Å²) in [5.41, 5.74) is 1.83. The first-order valence-corrected chi connectivity index (χ1v) is 7.74. The molecule has 7 heteroatoms. The highest BCUT2D eigenvalue weighted by Crippen LogP contribution is 2.15. The molecular formula is C18H17FN4O2. The third kappa shape index (κ3) is 4.41. The van der Waals surface area contributed by atoms with Crippen molar-refractivity contribution in [1.29, 1.82) is 0 Å². The van der Waals surface area contributed by atoms with E-state index in [1.54, 1.807) is 17.1 Å². The number of aromatic nitrogens is 3. The van der Waals surface area contributed by atoms with Gasteiger partial charge in [-0.05, 0) is 36.8 Å². The summed E-state index contributed by atoms with van der Waals surface area (Å²) in [5, 5.41) is 6.90. The molecule has 2 aromatic carbocycles. The summed E-state index contributed by atoms with van der Waals surface area (Å²) in [4.78, 5) is 15.9. The van der Waals surface area contributed by atoms with E-state index in [-0.39, 0.29) is 18.6 Å². The zero-order chi connectivity index (χ0) is 17.6. The van der Waals surface area contributed by atoms with Crippen molar-refractivity contribution in [3.05, 3.63) is 72.6 Å². The number of carbonyl (C=O) groups excluding carboxylic acids is 1. The molecule has 1 aromatic heterocycles. The quantitative estimate of drug-likeness (QED) is 0.749. The summed E-state index contributed by atoms with van der Waals surface area (Å²) in [6.45, 7) is 1.70. The second-order valence-electron chi connectivity index (χ2n) is 5.47. The number of amides is 1. The fraction of sp³-hybridized carbons (Fsp3) is 0.167. The maximum atomic E-state index is 13.1. The standard InChI is InChI=1S/C18H17FN4O2/c1-13(14-5-7-16(8-6-14)23-12-20-11-21-23)22-18(24)10-25-17-4-2-3-15(19)9-17/h2-9,11-13H,10H2,1H3,(H,22,24). The molecule has 25 heavy (non-hydrogen) atoms. The number of hydrogen-bond donors (Lipinski definition) is 1. The monoisotopic (exact) mass is 340 g/mol. The average molecular weight is 340 g/mol. The van der Waals surface area contributed by atoms with E-state index in [4.69, 9.17) is 4.74 Å². The van der Waals surface area contributed by atoms with Crippen molar-refractivity contribution < 1.29 is 13.9 Å². The predicted molar refractivity (Wildman–Crippen MR) is 89.8 cm³/mol. The van der Waals surface area contributed by atoms with Crippen molar-refractivity contribution in [1.82, 2.24) is 20.1 Å². The van der Waals surface area contributed by atoms with Crippen LogP contribution in [-0.2, 0) is 4.79 Å². The van der Waals surface area contributed by atoms with Crippen LogP contribution in [0.15, 0.2) is 61.2 Å². The lowest BCUT2D eigenvalue weighted by molar-refractivity contribution is -0.123. The Bertz CT molecular complexity index is 835. The molecule has 0 aliphatic heterocycles. The van der Waals surface area contributed by atoms with Crippen LogP contribution in [0.2, 0.25) is 0 Å². The highest BCUT2D eigenvalue weighted by atomic mass is 19.1. The zero-order valence-electron chi connectivity index (χ0n) is 13.6. The fourth-order valence-corrected chi connectivity index (χ4v) is 2.33. The van der Waals surface area contributed by atoms with E-state index >= 15 is 0 Å². The molecule has 1 unspecified atom stereocenters. The van der Waals surface area contributed by atoms with Crippen LogP contribution in [0, 0.1) is 5.82 Å². The van der Waals surface area contributed by atoms with Gasteiger partial charge < -0.3 is 10.1 Å². The van der Waals surface area contributed by atoms with Gasteiger partial charge in [0.15, 0.2) is 6.61 Å². The minimum atomic E-state index is -0.404. The lowest BCUT2D eigenvalue weighted by atomic mass is 10.1. The molecule has 3 aromatic rings. The van der Waals surface area contributed by atoms with Gasteiger partial charge >= 0.3 is 0 Å². The minimum Gasteiger partial charge on any atom is -0.484 e. The van der Waals surface area contributed by atoms with E-state index in [1.165, 1.54) is 24.5 Å². The normalized spacial score (nSPS) is 11.8. The van der Waals surface area contributed by atoms with Crippen LogP contribution in [0.3, 0.4) is 0 Å². The first-order valence-electron chi connectivity index (χ1n) is 7.74. The van der Waals surface area contributed by atoms with Crippen molar-refractivity contribution in [2.45, 2.75) is 13.0 Å². The molecule has 0 bridgehead atoms. The number of rotatable bonds is 6. The summed E-state index contributed by atoms with van der Waals surface area (Å²) in [7, 11) is 0. The maximum Gasteiger partial charge on any atom is 0.258 e. The molecule has 128 valence electrons. The Kier molecular flexibility index (Phi) is 5.03. The highest BCUT2D eigenvalue weighted by molar-refractivity contribution is 5.78. The number of halogens is 1. The largest absolute Gasteiger partial charge is 0.484 e. The number of benzene rings is 2. The van der Waals surface area contributed by atoms with E-state index < -0.39 is 5.82 Å². The van der Waals surface area contributed by atoms with E-state index in [0.29, 0.717) is 5.75 Å². The van der Waals surface area contributed by atoms with Gasteiger partial charge in [0.05, 0.1) is 11.7 Å². The Morgan fingerprint density at radius 1 is 1.28 bits per heavy atom. The van der Waals surface area contributed by atoms with Crippen LogP contribution < -0.4 is 10.1 Å². The summed E-state index contributed by atoms with van der Waals surface area (Å²) in [6, 6.07) is 13.1. The van der Waals surface area contributed by atoms with Gasteiger partial charge in [0, 0.05) is 6.07 Å². The Balaban J connectivity index is 1.54. The lowest BCUT2D eigenvalue weighted by Gasteiger charge is -2.15. The van der Waals surface area contributed by atoms with Crippen LogP contribution in [0.25, 0.3) is 5.69 Å². The topological polar surface area (TPSA) is 69.0 Å². The van der Waals surface area contributed by atoms with E-state index in [1.807, 2.05) is 31.2 Å². The van der Waals surface area contributed by atoms with Crippen molar-refractivity contribution in [2.24, 2.45) is 0 Å². The van der Waals surface area contributed by atoms with E-state index in [0.717, 1.165) is 11.3 Å². The molecule has 0 spiro atoms. The molecule has 1 amide bonds. The van der Waals surface area contributed by atoms with Gasteiger partial charge in [-0.1, -0.05) is 18.2 Å². The Morgan fingerprint density at radius 2 is 2.08 bits per heavy atom. The molecule has 0 saturated carbocycles. The van der Waals surface area contributed by atoms with Crippen LogP contribution in [0.1, 0.15) is 18.5 Å². The molecule has 1 N–H and O–H groups in total. The van der Waals surface area contributed by atoms with Crippen LogP contribution >= 0.6 is 0 Å². The molecule has 1 atom stereocenters. The third-order valence-electron chi connectivity index (χ3n) is 3.62. The molecule has 6 nitrogen and oxygen atoms in total. The smallest absolute Gasteiger partial charge is 0.258 e. The van der Waals surface area contributed by atoms with Gasteiger partial charge in [0.2, 0.25) is 0 Å². The van der Waals surface area contributed by atoms with Crippen molar-refractivity contribution in [3.8, 4) is 11.4 Å². The van der Waals surface area contributed by atoms with Gasteiger partial charge in [-0.3, -0.25) is 4.79 Å². The lowest BCUT2D eigenvalue weighted by Crippen LogP contribution is -2.31. The first-order chi connectivity index (χ1) is 12.1. The number of nitrogens with one attached hydrogen (secondary N) is 1. The summed E-state index contributed by atoms with van der Waals surface area (Å²) in [6.07, 6.45) is 3.08. The first kappa shape index (κ1) is 16.6. The summed E-state index contributed by atoms with van der Waals surface area (Å²) >= 11 is 0. The van der Waals surface area contributed by atoms with Crippen molar-refractivity contribution in [2.75, 3.05) is 6.61 Å².